The average Bonchev–Trinajstić information content (AvgIpc) is 2.61. The Kier molecular flexibility index (Phi) is 6.12. The van der Waals surface area contributed by atoms with Gasteiger partial charge in [0.25, 0.3) is 0 Å². The summed E-state index contributed by atoms with van der Waals surface area (Å²) in [5.41, 5.74) is 0.551. The first-order valence-corrected chi connectivity index (χ1v) is 8.51. The van der Waals surface area contributed by atoms with E-state index >= 15 is 0 Å². The summed E-state index contributed by atoms with van der Waals surface area (Å²) in [5, 5.41) is 0. The van der Waals surface area contributed by atoms with Gasteiger partial charge in [-0.05, 0) is 50.3 Å². The molecule has 1 aromatic heterocycles. The molecule has 0 radical (unpaired) electrons. The van der Waals surface area contributed by atoms with E-state index in [1.807, 2.05) is 18.2 Å². The number of rotatable bonds is 6. The molecule has 0 aromatic carbocycles. The largest absolute Gasteiger partial charge is 0.348 e. The molecule has 0 spiro atoms. The van der Waals surface area contributed by atoms with Crippen LogP contribution >= 0.6 is 0 Å². The molecular formula is C19H27N3O2. The van der Waals surface area contributed by atoms with Crippen molar-refractivity contribution in [3.05, 3.63) is 42.7 Å². The molecule has 1 saturated heterocycles. The first-order chi connectivity index (χ1) is 11.5. The van der Waals surface area contributed by atoms with Gasteiger partial charge in [0.1, 0.15) is 0 Å². The van der Waals surface area contributed by atoms with Crippen LogP contribution in [0.5, 0.6) is 0 Å². The number of carbonyl (C=O) groups excluding carboxylic acids is 2. The van der Waals surface area contributed by atoms with Gasteiger partial charge in [-0.25, -0.2) is 0 Å². The highest BCUT2D eigenvalue weighted by Crippen LogP contribution is 2.37. The Hall–Kier alpha value is -2.17. The lowest BCUT2D eigenvalue weighted by Gasteiger charge is -2.42. The van der Waals surface area contributed by atoms with Gasteiger partial charge in [0, 0.05) is 39.1 Å². The number of piperidine rings is 1. The summed E-state index contributed by atoms with van der Waals surface area (Å²) in [6, 6.07) is 5.89. The van der Waals surface area contributed by atoms with Gasteiger partial charge >= 0.3 is 0 Å². The quantitative estimate of drug-likeness (QED) is 0.753. The van der Waals surface area contributed by atoms with Crippen LogP contribution in [-0.2, 0) is 16.0 Å². The van der Waals surface area contributed by atoms with Crippen molar-refractivity contribution in [3.8, 4) is 0 Å². The number of aryl methyl sites for hydroxylation is 1. The maximum atomic E-state index is 12.9. The Morgan fingerprint density at radius 1 is 1.42 bits per heavy atom. The van der Waals surface area contributed by atoms with E-state index in [2.05, 4.69) is 11.6 Å². The third kappa shape index (κ3) is 4.22. The summed E-state index contributed by atoms with van der Waals surface area (Å²) >= 11 is 0. The molecule has 0 saturated carbocycles. The molecule has 0 bridgehead atoms. The first kappa shape index (κ1) is 18.2. The van der Waals surface area contributed by atoms with E-state index in [4.69, 9.17) is 0 Å². The summed E-state index contributed by atoms with van der Waals surface area (Å²) in [6.45, 7) is 4.76. The van der Waals surface area contributed by atoms with Gasteiger partial charge in [0.2, 0.25) is 11.8 Å². The minimum absolute atomic E-state index is 0.0876. The number of amides is 2. The number of likely N-dealkylation sites (tertiary alicyclic amines) is 1. The van der Waals surface area contributed by atoms with Gasteiger partial charge in [-0.15, -0.1) is 0 Å². The molecule has 130 valence electrons. The van der Waals surface area contributed by atoms with Crippen LogP contribution < -0.4 is 0 Å². The lowest BCUT2D eigenvalue weighted by molar-refractivity contribution is -0.146. The van der Waals surface area contributed by atoms with Gasteiger partial charge < -0.3 is 9.80 Å². The van der Waals surface area contributed by atoms with E-state index in [1.54, 1.807) is 30.1 Å². The van der Waals surface area contributed by atoms with Crippen molar-refractivity contribution in [1.82, 2.24) is 14.8 Å². The number of nitrogens with zero attached hydrogens (tertiary/aromatic N) is 3. The van der Waals surface area contributed by atoms with Gasteiger partial charge in [-0.1, -0.05) is 12.6 Å². The van der Waals surface area contributed by atoms with Crippen LogP contribution in [0.1, 0.15) is 31.4 Å². The predicted molar refractivity (Wildman–Crippen MR) is 94.3 cm³/mol. The zero-order valence-electron chi connectivity index (χ0n) is 14.7. The molecule has 1 aliphatic rings. The fourth-order valence-electron chi connectivity index (χ4n) is 3.56. The van der Waals surface area contributed by atoms with Crippen molar-refractivity contribution in [1.29, 1.82) is 0 Å². The maximum absolute atomic E-state index is 12.9. The first-order valence-electron chi connectivity index (χ1n) is 8.51. The second-order valence-electron chi connectivity index (χ2n) is 6.72. The second kappa shape index (κ2) is 8.08. The fourth-order valence-corrected chi connectivity index (χ4v) is 3.56. The molecule has 1 atom stereocenters. The smallest absolute Gasteiger partial charge is 0.245 e. The molecule has 5 heteroatoms. The Bertz CT molecular complexity index is 586. The molecule has 24 heavy (non-hydrogen) atoms. The van der Waals surface area contributed by atoms with Crippen LogP contribution in [-0.4, -0.2) is 53.8 Å². The molecule has 5 nitrogen and oxygen atoms in total. The molecule has 2 amide bonds. The Morgan fingerprint density at radius 3 is 2.83 bits per heavy atom. The van der Waals surface area contributed by atoms with E-state index in [1.165, 1.54) is 6.08 Å². The second-order valence-corrected chi connectivity index (χ2v) is 6.72. The van der Waals surface area contributed by atoms with Gasteiger partial charge in [0.15, 0.2) is 0 Å². The van der Waals surface area contributed by atoms with E-state index in [9.17, 15) is 9.59 Å². The normalized spacial score (nSPS) is 20.5. The molecule has 1 aliphatic heterocycles. The molecule has 1 fully saturated rings. The zero-order valence-corrected chi connectivity index (χ0v) is 14.7. The number of aromatic nitrogens is 1. The summed E-state index contributed by atoms with van der Waals surface area (Å²) in [5.74, 6) is 0.0282. The highest BCUT2D eigenvalue weighted by molar-refractivity contribution is 5.89. The van der Waals surface area contributed by atoms with Crippen LogP contribution in [0.15, 0.2) is 37.1 Å². The Balaban J connectivity index is 2.10. The van der Waals surface area contributed by atoms with Crippen molar-refractivity contribution in [2.75, 3.05) is 27.2 Å². The molecule has 0 N–H and O–H groups in total. The number of pyridine rings is 1. The molecule has 2 rings (SSSR count). The number of hydrogen-bond acceptors (Lipinski definition) is 3. The summed E-state index contributed by atoms with van der Waals surface area (Å²) in [6.07, 6.45) is 7.30. The van der Waals surface area contributed by atoms with Crippen LogP contribution in [0.25, 0.3) is 0 Å². The third-order valence-electron chi connectivity index (χ3n) is 4.74. The summed E-state index contributed by atoms with van der Waals surface area (Å²) in [7, 11) is 3.58. The van der Waals surface area contributed by atoms with Gasteiger partial charge in [-0.2, -0.15) is 0 Å². The number of hydrogen-bond donors (Lipinski definition) is 0. The molecule has 2 heterocycles. The van der Waals surface area contributed by atoms with Crippen molar-refractivity contribution in [3.63, 3.8) is 0 Å². The average molecular weight is 329 g/mol. The van der Waals surface area contributed by atoms with Crippen LogP contribution in [0.3, 0.4) is 0 Å². The number of carbonyl (C=O) groups is 2. The Morgan fingerprint density at radius 2 is 2.21 bits per heavy atom. The monoisotopic (exact) mass is 329 g/mol. The lowest BCUT2D eigenvalue weighted by Crippen LogP contribution is -2.52. The van der Waals surface area contributed by atoms with Crippen LogP contribution in [0, 0.1) is 5.41 Å². The predicted octanol–water partition coefficient (Wildman–Crippen LogP) is 2.29. The highest BCUT2D eigenvalue weighted by Gasteiger charge is 2.43. The minimum atomic E-state index is -0.491. The van der Waals surface area contributed by atoms with E-state index in [0.717, 1.165) is 37.8 Å². The third-order valence-corrected chi connectivity index (χ3v) is 4.74. The van der Waals surface area contributed by atoms with Crippen molar-refractivity contribution in [2.45, 2.75) is 32.1 Å². The fraction of sp³-hybridized carbons (Fsp3) is 0.526. The topological polar surface area (TPSA) is 53.5 Å². The molecule has 1 aromatic rings. The highest BCUT2D eigenvalue weighted by atomic mass is 16.2. The Labute approximate surface area is 144 Å². The van der Waals surface area contributed by atoms with Gasteiger partial charge in [0.05, 0.1) is 5.41 Å². The van der Waals surface area contributed by atoms with Crippen LogP contribution in [0.4, 0.5) is 0 Å². The molecule has 1 unspecified atom stereocenters. The SMILES string of the molecule is C=CC(=O)N1CCCC(CCCc2ccccn2)(C(=O)N(C)C)C1. The summed E-state index contributed by atoms with van der Waals surface area (Å²) in [4.78, 5) is 32.6. The molecular weight excluding hydrogens is 302 g/mol. The van der Waals surface area contributed by atoms with E-state index < -0.39 is 5.41 Å². The van der Waals surface area contributed by atoms with Gasteiger partial charge in [-0.3, -0.25) is 14.6 Å². The minimum Gasteiger partial charge on any atom is -0.348 e. The zero-order chi connectivity index (χ0) is 17.6. The van der Waals surface area contributed by atoms with Crippen molar-refractivity contribution in [2.24, 2.45) is 5.41 Å². The standard InChI is InChI=1S/C19H27N3O2/c1-4-17(23)22-14-8-12-19(15-22,18(24)21(2)3)11-7-10-16-9-5-6-13-20-16/h4-6,9,13H,1,7-8,10-12,14-15H2,2-3H3. The summed E-state index contributed by atoms with van der Waals surface area (Å²) < 4.78 is 0. The van der Waals surface area contributed by atoms with Crippen LogP contribution in [0.2, 0.25) is 0 Å². The lowest BCUT2D eigenvalue weighted by atomic mass is 9.74. The van der Waals surface area contributed by atoms with E-state index in [0.29, 0.717) is 13.1 Å². The van der Waals surface area contributed by atoms with Crippen molar-refractivity contribution >= 4 is 11.8 Å². The van der Waals surface area contributed by atoms with E-state index in [-0.39, 0.29) is 11.8 Å². The van der Waals surface area contributed by atoms with Crippen molar-refractivity contribution < 1.29 is 9.59 Å². The molecule has 0 aliphatic carbocycles. The maximum Gasteiger partial charge on any atom is 0.245 e.